The predicted molar refractivity (Wildman–Crippen MR) is 75.9 cm³/mol. The smallest absolute Gasteiger partial charge is 0.217 e. The third kappa shape index (κ3) is 2.77. The second-order valence-corrected chi connectivity index (χ2v) is 5.37. The number of nitrogens with zero attached hydrogens (tertiary/aromatic N) is 1. The van der Waals surface area contributed by atoms with E-state index in [1.165, 1.54) is 6.20 Å². The Bertz CT molecular complexity index is 507. The molecule has 0 aliphatic heterocycles. The second kappa shape index (κ2) is 5.31. The van der Waals surface area contributed by atoms with Crippen LogP contribution in [0.3, 0.4) is 0 Å². The Balaban J connectivity index is 2.43. The maximum Gasteiger partial charge on any atom is 0.217 e. The molecule has 1 nitrogen and oxygen atoms in total. The van der Waals surface area contributed by atoms with Crippen LogP contribution >= 0.6 is 34.2 Å². The van der Waals surface area contributed by atoms with Gasteiger partial charge in [-0.25, -0.2) is 4.98 Å². The molecule has 0 aliphatic rings. The molecule has 0 radical (unpaired) electrons. The Morgan fingerprint density at radius 3 is 2.47 bits per heavy atom. The van der Waals surface area contributed by atoms with Crippen LogP contribution in [0.5, 0.6) is 0 Å². The topological polar surface area (TPSA) is 12.9 Å². The Kier molecular flexibility index (Phi) is 3.99. The van der Waals surface area contributed by atoms with Gasteiger partial charge in [-0.05, 0) is 46.4 Å². The molecule has 0 fully saturated rings. The van der Waals surface area contributed by atoms with Gasteiger partial charge in [0.25, 0.3) is 0 Å². The van der Waals surface area contributed by atoms with Crippen LogP contribution in [-0.4, -0.2) is 4.98 Å². The van der Waals surface area contributed by atoms with Crippen LogP contribution in [0.25, 0.3) is 0 Å². The van der Waals surface area contributed by atoms with Crippen molar-refractivity contribution in [2.75, 3.05) is 0 Å². The van der Waals surface area contributed by atoms with E-state index >= 15 is 0 Å². The largest absolute Gasteiger partial charge is 0.228 e. The predicted octanol–water partition coefficient (Wildman–Crippen LogP) is 4.63. The Morgan fingerprint density at radius 2 is 1.88 bits per heavy atom. The Labute approximate surface area is 118 Å². The van der Waals surface area contributed by atoms with Gasteiger partial charge in [0.05, 0.1) is 0 Å². The molecule has 1 heterocycles. The van der Waals surface area contributed by atoms with Gasteiger partial charge in [-0.15, -0.1) is 0 Å². The van der Waals surface area contributed by atoms with Crippen molar-refractivity contribution >= 4 is 34.2 Å². The lowest BCUT2D eigenvalue weighted by Gasteiger charge is -2.14. The highest BCUT2D eigenvalue weighted by Crippen LogP contribution is 2.29. The first kappa shape index (κ1) is 12.8. The van der Waals surface area contributed by atoms with Gasteiger partial charge >= 0.3 is 0 Å². The normalized spacial score (nSPS) is 12.5. The van der Waals surface area contributed by atoms with Gasteiger partial charge in [-0.3, -0.25) is 0 Å². The van der Waals surface area contributed by atoms with Crippen LogP contribution in [0.1, 0.15) is 24.0 Å². The van der Waals surface area contributed by atoms with Crippen LogP contribution in [-0.2, 0) is 0 Å². The number of hydrogen-bond acceptors (Lipinski definition) is 1. The van der Waals surface area contributed by atoms with Crippen LogP contribution in [0.4, 0.5) is 4.39 Å². The first-order valence-electron chi connectivity index (χ1n) is 5.15. The number of hydrogen-bond donors (Lipinski definition) is 0. The van der Waals surface area contributed by atoms with E-state index in [4.69, 9.17) is 11.6 Å². The van der Waals surface area contributed by atoms with Crippen LogP contribution in [0, 0.1) is 9.52 Å². The van der Waals surface area contributed by atoms with E-state index < -0.39 is 5.95 Å². The quantitative estimate of drug-likeness (QED) is 0.561. The minimum atomic E-state index is -0.403. The molecule has 0 amide bonds. The Hall–Kier alpha value is -0.680. The summed E-state index contributed by atoms with van der Waals surface area (Å²) >= 11 is 7.97. The number of pyridine rings is 1. The lowest BCUT2D eigenvalue weighted by molar-refractivity contribution is 0.558. The van der Waals surface area contributed by atoms with Crippen molar-refractivity contribution in [3.8, 4) is 0 Å². The van der Waals surface area contributed by atoms with E-state index in [9.17, 15) is 4.39 Å². The minimum Gasteiger partial charge on any atom is -0.228 e. The van der Waals surface area contributed by atoms with Crippen molar-refractivity contribution in [3.63, 3.8) is 0 Å². The standard InChI is InChI=1S/C13H10ClFIN/c1-8(9-2-4-10(14)5-3-9)12-11(16)6-7-17-13(12)15/h2-8H,1H3. The SMILES string of the molecule is CC(c1ccc(Cl)cc1)c1c(I)ccnc1F. The molecule has 1 aromatic carbocycles. The molecule has 0 saturated heterocycles. The molecule has 0 N–H and O–H groups in total. The summed E-state index contributed by atoms with van der Waals surface area (Å²) in [7, 11) is 0. The summed E-state index contributed by atoms with van der Waals surface area (Å²) in [5.41, 5.74) is 1.66. The zero-order valence-electron chi connectivity index (χ0n) is 9.12. The number of halogens is 3. The average Bonchev–Trinajstić information content (AvgIpc) is 2.29. The van der Waals surface area contributed by atoms with Crippen molar-refractivity contribution in [2.24, 2.45) is 0 Å². The van der Waals surface area contributed by atoms with E-state index in [2.05, 4.69) is 27.6 Å². The second-order valence-electron chi connectivity index (χ2n) is 3.77. The zero-order valence-corrected chi connectivity index (χ0v) is 12.0. The zero-order chi connectivity index (χ0) is 12.4. The summed E-state index contributed by atoms with van der Waals surface area (Å²) in [4.78, 5) is 3.71. The van der Waals surface area contributed by atoms with Gasteiger partial charge in [0.1, 0.15) is 0 Å². The van der Waals surface area contributed by atoms with E-state index in [1.54, 1.807) is 0 Å². The average molecular weight is 362 g/mol. The van der Waals surface area contributed by atoms with Crippen molar-refractivity contribution in [1.82, 2.24) is 4.98 Å². The molecule has 0 saturated carbocycles. The molecule has 0 spiro atoms. The molecule has 1 atom stereocenters. The first-order chi connectivity index (χ1) is 8.09. The van der Waals surface area contributed by atoms with Gasteiger partial charge in [0, 0.05) is 26.3 Å². The van der Waals surface area contributed by atoms with Gasteiger partial charge < -0.3 is 0 Å². The third-order valence-corrected chi connectivity index (χ3v) is 3.88. The van der Waals surface area contributed by atoms with Crippen LogP contribution in [0.2, 0.25) is 5.02 Å². The molecule has 1 aromatic heterocycles. The van der Waals surface area contributed by atoms with Gasteiger partial charge in [-0.2, -0.15) is 4.39 Å². The van der Waals surface area contributed by atoms with Gasteiger partial charge in [0.2, 0.25) is 5.95 Å². The molecular weight excluding hydrogens is 352 g/mol. The monoisotopic (exact) mass is 361 g/mol. The summed E-state index contributed by atoms with van der Waals surface area (Å²) in [5, 5.41) is 0.683. The highest BCUT2D eigenvalue weighted by molar-refractivity contribution is 14.1. The summed E-state index contributed by atoms with van der Waals surface area (Å²) in [5.74, 6) is -0.438. The van der Waals surface area contributed by atoms with Crippen LogP contribution in [0.15, 0.2) is 36.5 Å². The molecule has 17 heavy (non-hydrogen) atoms. The fourth-order valence-electron chi connectivity index (χ4n) is 1.73. The maximum atomic E-state index is 13.7. The highest BCUT2D eigenvalue weighted by atomic mass is 127. The fraction of sp³-hybridized carbons (Fsp3) is 0.154. The Morgan fingerprint density at radius 1 is 1.24 bits per heavy atom. The van der Waals surface area contributed by atoms with Crippen molar-refractivity contribution in [1.29, 1.82) is 0 Å². The van der Waals surface area contributed by atoms with E-state index in [0.29, 0.717) is 10.6 Å². The lowest BCUT2D eigenvalue weighted by Crippen LogP contribution is -2.04. The molecule has 2 aromatic rings. The summed E-state index contributed by atoms with van der Waals surface area (Å²) in [6.07, 6.45) is 1.48. The van der Waals surface area contributed by atoms with Crippen molar-refractivity contribution < 1.29 is 4.39 Å². The summed E-state index contributed by atoms with van der Waals surface area (Å²) < 4.78 is 14.6. The fourth-order valence-corrected chi connectivity index (χ4v) is 2.71. The number of aromatic nitrogens is 1. The van der Waals surface area contributed by atoms with E-state index in [-0.39, 0.29) is 5.92 Å². The van der Waals surface area contributed by atoms with E-state index in [1.807, 2.05) is 37.3 Å². The molecule has 2 rings (SSSR count). The van der Waals surface area contributed by atoms with Gasteiger partial charge in [0.15, 0.2) is 0 Å². The summed E-state index contributed by atoms with van der Waals surface area (Å²) in [6, 6.07) is 9.26. The number of benzene rings is 1. The minimum absolute atomic E-state index is 0.0344. The van der Waals surface area contributed by atoms with Gasteiger partial charge in [-0.1, -0.05) is 30.7 Å². The molecule has 88 valence electrons. The highest BCUT2D eigenvalue weighted by Gasteiger charge is 2.17. The molecular formula is C13H10ClFIN. The molecule has 1 unspecified atom stereocenters. The number of rotatable bonds is 2. The van der Waals surface area contributed by atoms with Crippen molar-refractivity contribution in [3.05, 3.63) is 62.2 Å². The molecule has 4 heteroatoms. The van der Waals surface area contributed by atoms with Crippen molar-refractivity contribution in [2.45, 2.75) is 12.8 Å². The van der Waals surface area contributed by atoms with Crippen LogP contribution < -0.4 is 0 Å². The third-order valence-electron chi connectivity index (χ3n) is 2.69. The van der Waals surface area contributed by atoms with E-state index in [0.717, 1.165) is 9.13 Å². The molecule has 0 bridgehead atoms. The maximum absolute atomic E-state index is 13.7. The summed E-state index contributed by atoms with van der Waals surface area (Å²) in [6.45, 7) is 1.96. The first-order valence-corrected chi connectivity index (χ1v) is 6.60. The lowest BCUT2D eigenvalue weighted by atomic mass is 9.94. The molecule has 0 aliphatic carbocycles.